The Kier molecular flexibility index (Phi) is 4.97. The molecule has 0 fully saturated rings. The number of halogens is 1. The lowest BCUT2D eigenvalue weighted by atomic mass is 10.1. The number of aliphatic carboxylic acids is 1. The third-order valence-corrected chi connectivity index (χ3v) is 3.79. The Hall–Kier alpha value is -2.15. The van der Waals surface area contributed by atoms with Crippen LogP contribution in [0.25, 0.3) is 11.3 Å². The molecule has 0 radical (unpaired) electrons. The van der Waals surface area contributed by atoms with Gasteiger partial charge in [-0.15, -0.1) is 0 Å². The molecule has 1 unspecified atom stereocenters. The van der Waals surface area contributed by atoms with Crippen LogP contribution in [-0.4, -0.2) is 45.7 Å². The molecule has 22 heavy (non-hydrogen) atoms. The molecule has 0 spiro atoms. The molecule has 2 N–H and O–H groups in total. The maximum Gasteiger partial charge on any atom is 0.308 e. The van der Waals surface area contributed by atoms with E-state index in [4.69, 9.17) is 5.11 Å². The van der Waals surface area contributed by atoms with Gasteiger partial charge in [0.25, 0.3) is 5.91 Å². The smallest absolute Gasteiger partial charge is 0.308 e. The van der Waals surface area contributed by atoms with E-state index in [2.05, 4.69) is 26.1 Å². The molecule has 1 atom stereocenters. The van der Waals surface area contributed by atoms with Gasteiger partial charge < -0.3 is 10.0 Å². The number of carbonyl (C=O) groups is 2. The van der Waals surface area contributed by atoms with Crippen LogP contribution in [0, 0.1) is 5.92 Å². The van der Waals surface area contributed by atoms with E-state index >= 15 is 0 Å². The Labute approximate surface area is 136 Å². The molecule has 6 nitrogen and oxygen atoms in total. The molecule has 0 saturated heterocycles. The average molecular weight is 366 g/mol. The fourth-order valence-electron chi connectivity index (χ4n) is 1.98. The molecule has 0 saturated carbocycles. The van der Waals surface area contributed by atoms with Crippen molar-refractivity contribution in [2.75, 3.05) is 13.6 Å². The maximum atomic E-state index is 12.3. The largest absolute Gasteiger partial charge is 0.481 e. The van der Waals surface area contributed by atoms with Crippen molar-refractivity contribution in [2.45, 2.75) is 6.92 Å². The molecule has 2 rings (SSSR count). The molecule has 116 valence electrons. The number of H-pyrrole nitrogens is 1. The Bertz CT molecular complexity index is 682. The number of nitrogens with one attached hydrogen (secondary N) is 1. The summed E-state index contributed by atoms with van der Waals surface area (Å²) in [5, 5.41) is 15.7. The second-order valence-electron chi connectivity index (χ2n) is 5.10. The van der Waals surface area contributed by atoms with E-state index in [0.29, 0.717) is 11.4 Å². The number of hydrogen-bond donors (Lipinski definition) is 2. The van der Waals surface area contributed by atoms with Gasteiger partial charge in [-0.25, -0.2) is 0 Å². The second-order valence-corrected chi connectivity index (χ2v) is 6.01. The van der Waals surface area contributed by atoms with E-state index in [1.54, 1.807) is 20.0 Å². The first-order chi connectivity index (χ1) is 10.4. The van der Waals surface area contributed by atoms with Gasteiger partial charge in [-0.1, -0.05) is 35.0 Å². The number of benzene rings is 1. The zero-order valence-electron chi connectivity index (χ0n) is 12.2. The lowest BCUT2D eigenvalue weighted by Gasteiger charge is -2.18. The number of carbonyl (C=O) groups excluding carboxylic acids is 1. The topological polar surface area (TPSA) is 86.3 Å². The van der Waals surface area contributed by atoms with Crippen LogP contribution in [0.2, 0.25) is 0 Å². The monoisotopic (exact) mass is 365 g/mol. The zero-order valence-corrected chi connectivity index (χ0v) is 13.8. The summed E-state index contributed by atoms with van der Waals surface area (Å²) >= 11 is 3.36. The van der Waals surface area contributed by atoms with Crippen molar-refractivity contribution in [1.29, 1.82) is 0 Å². The molecule has 1 heterocycles. The fourth-order valence-corrected chi connectivity index (χ4v) is 2.24. The Morgan fingerprint density at radius 3 is 2.59 bits per heavy atom. The summed E-state index contributed by atoms with van der Waals surface area (Å²) in [6.07, 6.45) is 0. The number of carboxylic acids is 1. The SMILES string of the molecule is CC(CN(C)C(=O)c1cc(-c2ccc(Br)cc2)n[nH]1)C(=O)O. The van der Waals surface area contributed by atoms with Crippen LogP contribution >= 0.6 is 15.9 Å². The van der Waals surface area contributed by atoms with Crippen molar-refractivity contribution in [1.82, 2.24) is 15.1 Å². The molecule has 0 bridgehead atoms. The number of aromatic nitrogens is 2. The summed E-state index contributed by atoms with van der Waals surface area (Å²) in [6, 6.07) is 9.24. The van der Waals surface area contributed by atoms with E-state index in [0.717, 1.165) is 10.0 Å². The number of carboxylic acid groups (broad SMARTS) is 1. The maximum absolute atomic E-state index is 12.3. The van der Waals surface area contributed by atoms with E-state index in [-0.39, 0.29) is 12.5 Å². The third-order valence-electron chi connectivity index (χ3n) is 3.26. The van der Waals surface area contributed by atoms with E-state index in [1.807, 2.05) is 24.3 Å². The van der Waals surface area contributed by atoms with Crippen molar-refractivity contribution in [3.8, 4) is 11.3 Å². The Morgan fingerprint density at radius 2 is 2.00 bits per heavy atom. The van der Waals surface area contributed by atoms with Crippen molar-refractivity contribution in [3.05, 3.63) is 40.5 Å². The van der Waals surface area contributed by atoms with E-state index < -0.39 is 11.9 Å². The molecular formula is C15H16BrN3O3. The molecule has 1 aromatic heterocycles. The Morgan fingerprint density at radius 1 is 1.36 bits per heavy atom. The molecule has 1 amide bonds. The predicted molar refractivity (Wildman–Crippen MR) is 85.5 cm³/mol. The van der Waals surface area contributed by atoms with Crippen LogP contribution in [0.3, 0.4) is 0 Å². The molecule has 7 heteroatoms. The van der Waals surface area contributed by atoms with Crippen LogP contribution in [0.15, 0.2) is 34.8 Å². The van der Waals surface area contributed by atoms with Crippen molar-refractivity contribution in [2.24, 2.45) is 5.92 Å². The first-order valence-corrected chi connectivity index (χ1v) is 7.47. The van der Waals surface area contributed by atoms with Gasteiger partial charge in [0.15, 0.2) is 0 Å². The predicted octanol–water partition coefficient (Wildman–Crippen LogP) is 2.63. The normalized spacial score (nSPS) is 12.0. The van der Waals surface area contributed by atoms with Crippen molar-refractivity contribution in [3.63, 3.8) is 0 Å². The zero-order chi connectivity index (χ0) is 16.3. The number of rotatable bonds is 5. The quantitative estimate of drug-likeness (QED) is 0.852. The molecule has 0 aliphatic heterocycles. The van der Waals surface area contributed by atoms with E-state index in [9.17, 15) is 9.59 Å². The van der Waals surface area contributed by atoms with Gasteiger partial charge in [-0.05, 0) is 18.2 Å². The molecule has 0 aliphatic carbocycles. The molecule has 2 aromatic rings. The summed E-state index contributed by atoms with van der Waals surface area (Å²) in [4.78, 5) is 24.5. The third kappa shape index (κ3) is 3.73. The summed E-state index contributed by atoms with van der Waals surface area (Å²) in [5.74, 6) is -1.84. The highest BCUT2D eigenvalue weighted by molar-refractivity contribution is 9.10. The minimum absolute atomic E-state index is 0.140. The first-order valence-electron chi connectivity index (χ1n) is 6.68. The first kappa shape index (κ1) is 16.2. The molecular weight excluding hydrogens is 350 g/mol. The van der Waals surface area contributed by atoms with Gasteiger partial charge >= 0.3 is 5.97 Å². The molecule has 1 aromatic carbocycles. The van der Waals surface area contributed by atoms with Gasteiger partial charge in [-0.2, -0.15) is 5.10 Å². The van der Waals surface area contributed by atoms with E-state index in [1.165, 1.54) is 4.90 Å². The summed E-state index contributed by atoms with van der Waals surface area (Å²) < 4.78 is 0.963. The van der Waals surface area contributed by atoms with Crippen LogP contribution in [-0.2, 0) is 4.79 Å². The number of aromatic amines is 1. The fraction of sp³-hybridized carbons (Fsp3) is 0.267. The van der Waals surface area contributed by atoms with Gasteiger partial charge in [0.1, 0.15) is 5.69 Å². The highest BCUT2D eigenvalue weighted by Gasteiger charge is 2.20. The summed E-state index contributed by atoms with van der Waals surface area (Å²) in [5.41, 5.74) is 1.88. The average Bonchev–Trinajstić information content (AvgIpc) is 2.96. The Balaban J connectivity index is 2.12. The van der Waals surface area contributed by atoms with Crippen LogP contribution in [0.4, 0.5) is 0 Å². The number of amides is 1. The van der Waals surface area contributed by atoms with Crippen LogP contribution in [0.5, 0.6) is 0 Å². The molecule has 0 aliphatic rings. The van der Waals surface area contributed by atoms with Crippen molar-refractivity contribution < 1.29 is 14.7 Å². The number of hydrogen-bond acceptors (Lipinski definition) is 3. The van der Waals surface area contributed by atoms with Crippen LogP contribution < -0.4 is 0 Å². The van der Waals surface area contributed by atoms with Gasteiger partial charge in [0.2, 0.25) is 0 Å². The minimum Gasteiger partial charge on any atom is -0.481 e. The lowest BCUT2D eigenvalue weighted by molar-refractivity contribution is -0.141. The number of nitrogens with zero attached hydrogens (tertiary/aromatic N) is 2. The van der Waals surface area contributed by atoms with Gasteiger partial charge in [0, 0.05) is 23.6 Å². The van der Waals surface area contributed by atoms with Gasteiger partial charge in [0.05, 0.1) is 11.6 Å². The standard InChI is InChI=1S/C15H16BrN3O3/c1-9(15(21)22)8-19(2)14(20)13-7-12(17-18-13)10-3-5-11(16)6-4-10/h3-7,9H,8H2,1-2H3,(H,17,18)(H,21,22). The van der Waals surface area contributed by atoms with Gasteiger partial charge in [-0.3, -0.25) is 14.7 Å². The highest BCUT2D eigenvalue weighted by atomic mass is 79.9. The minimum atomic E-state index is -0.931. The summed E-state index contributed by atoms with van der Waals surface area (Å²) in [6.45, 7) is 1.70. The summed E-state index contributed by atoms with van der Waals surface area (Å²) in [7, 11) is 1.57. The second kappa shape index (κ2) is 6.74. The van der Waals surface area contributed by atoms with Crippen LogP contribution in [0.1, 0.15) is 17.4 Å². The highest BCUT2D eigenvalue weighted by Crippen LogP contribution is 2.20. The lowest BCUT2D eigenvalue weighted by Crippen LogP contribution is -2.33. The van der Waals surface area contributed by atoms with Crippen molar-refractivity contribution >= 4 is 27.8 Å².